The molecule has 2 heterocycles. The lowest BCUT2D eigenvalue weighted by Gasteiger charge is -2.39. The summed E-state index contributed by atoms with van der Waals surface area (Å²) >= 11 is 1.77. The molecular weight excluding hydrogens is 264 g/mol. The van der Waals surface area contributed by atoms with E-state index >= 15 is 0 Å². The van der Waals surface area contributed by atoms with Crippen molar-refractivity contribution in [2.24, 2.45) is 5.73 Å². The number of hydrogen-bond acceptors (Lipinski definition) is 5. The van der Waals surface area contributed by atoms with Gasteiger partial charge in [-0.2, -0.15) is 11.8 Å². The minimum absolute atomic E-state index is 0.277. The van der Waals surface area contributed by atoms with Crippen LogP contribution in [0.25, 0.3) is 0 Å². The molecule has 110 valence electrons. The summed E-state index contributed by atoms with van der Waals surface area (Å²) < 4.78 is 5.34. The number of aliphatic hydroxyl groups is 1. The predicted molar refractivity (Wildman–Crippen MR) is 76.2 cm³/mol. The van der Waals surface area contributed by atoms with Crippen molar-refractivity contribution in [3.05, 3.63) is 0 Å². The van der Waals surface area contributed by atoms with Crippen molar-refractivity contribution in [2.75, 3.05) is 24.6 Å². The van der Waals surface area contributed by atoms with Crippen molar-refractivity contribution in [3.8, 4) is 0 Å². The van der Waals surface area contributed by atoms with E-state index in [0.29, 0.717) is 13.0 Å². The Morgan fingerprint density at radius 1 is 1.42 bits per heavy atom. The van der Waals surface area contributed by atoms with Crippen molar-refractivity contribution >= 4 is 17.9 Å². The monoisotopic (exact) mass is 288 g/mol. The van der Waals surface area contributed by atoms with E-state index in [1.807, 2.05) is 20.8 Å². The van der Waals surface area contributed by atoms with Crippen LogP contribution in [0, 0.1) is 0 Å². The smallest absolute Gasteiger partial charge is 0.410 e. The molecule has 0 aromatic rings. The van der Waals surface area contributed by atoms with E-state index in [1.165, 1.54) is 0 Å². The molecule has 2 rings (SSSR count). The molecule has 19 heavy (non-hydrogen) atoms. The number of rotatable bonds is 1. The van der Waals surface area contributed by atoms with Gasteiger partial charge in [0.1, 0.15) is 11.2 Å². The van der Waals surface area contributed by atoms with E-state index in [9.17, 15) is 9.90 Å². The van der Waals surface area contributed by atoms with Gasteiger partial charge in [0, 0.05) is 12.3 Å². The van der Waals surface area contributed by atoms with Crippen LogP contribution in [0.15, 0.2) is 0 Å². The molecule has 2 unspecified atom stereocenters. The summed E-state index contributed by atoms with van der Waals surface area (Å²) in [6.45, 7) is 6.30. The Morgan fingerprint density at radius 3 is 2.63 bits per heavy atom. The number of amides is 1. The van der Waals surface area contributed by atoms with Crippen LogP contribution in [0.2, 0.25) is 0 Å². The summed E-state index contributed by atoms with van der Waals surface area (Å²) in [5, 5.41) is 10.8. The maximum Gasteiger partial charge on any atom is 0.410 e. The summed E-state index contributed by atoms with van der Waals surface area (Å²) in [6.07, 6.45) is 0.970. The van der Waals surface area contributed by atoms with Crippen LogP contribution in [-0.4, -0.2) is 57.4 Å². The molecule has 2 aliphatic rings. The number of hydrogen-bond donors (Lipinski definition) is 2. The zero-order chi connectivity index (χ0) is 14.3. The number of likely N-dealkylation sites (tertiary alicyclic amines) is 1. The molecule has 5 nitrogen and oxygen atoms in total. The molecule has 1 amide bonds. The second-order valence-corrected chi connectivity index (χ2v) is 7.75. The third-order valence-corrected chi connectivity index (χ3v) is 5.09. The van der Waals surface area contributed by atoms with E-state index in [4.69, 9.17) is 10.5 Å². The molecule has 2 atom stereocenters. The highest BCUT2D eigenvalue weighted by Gasteiger charge is 2.54. The Hall–Kier alpha value is -0.460. The van der Waals surface area contributed by atoms with E-state index < -0.39 is 16.7 Å². The highest BCUT2D eigenvalue weighted by Crippen LogP contribution is 2.40. The van der Waals surface area contributed by atoms with Gasteiger partial charge >= 0.3 is 6.09 Å². The van der Waals surface area contributed by atoms with Gasteiger partial charge in [-0.15, -0.1) is 0 Å². The van der Waals surface area contributed by atoms with Gasteiger partial charge in [0.15, 0.2) is 0 Å². The first-order chi connectivity index (χ1) is 8.65. The van der Waals surface area contributed by atoms with Crippen LogP contribution in [-0.2, 0) is 4.74 Å². The first-order valence-corrected chi connectivity index (χ1v) is 7.88. The summed E-state index contributed by atoms with van der Waals surface area (Å²) in [4.78, 5) is 13.6. The number of carbonyl (C=O) groups is 1. The molecule has 0 radical (unpaired) electrons. The van der Waals surface area contributed by atoms with Crippen molar-refractivity contribution in [3.63, 3.8) is 0 Å². The van der Waals surface area contributed by atoms with Gasteiger partial charge in [-0.3, -0.25) is 0 Å². The fourth-order valence-electron chi connectivity index (χ4n) is 2.63. The van der Waals surface area contributed by atoms with E-state index in [0.717, 1.165) is 17.9 Å². The molecule has 0 spiro atoms. The standard InChI is InChI=1S/C13H24N2O3S/c1-11(2,3)18-10(16)15-6-4-13(17,8-15)12(14)5-7-19-9-12/h17H,4-9,14H2,1-3H3. The molecule has 0 aromatic heterocycles. The maximum absolute atomic E-state index is 12.0. The van der Waals surface area contributed by atoms with E-state index in [1.54, 1.807) is 16.7 Å². The third kappa shape index (κ3) is 3.01. The van der Waals surface area contributed by atoms with Gasteiger partial charge in [0.25, 0.3) is 0 Å². The Morgan fingerprint density at radius 2 is 2.11 bits per heavy atom. The van der Waals surface area contributed by atoms with Gasteiger partial charge < -0.3 is 20.5 Å². The molecular formula is C13H24N2O3S. The van der Waals surface area contributed by atoms with Crippen molar-refractivity contribution in [1.29, 1.82) is 0 Å². The molecule has 2 aliphatic heterocycles. The number of nitrogens with two attached hydrogens (primary N) is 1. The molecule has 3 N–H and O–H groups in total. The van der Waals surface area contributed by atoms with Crippen LogP contribution in [0.5, 0.6) is 0 Å². The average Bonchev–Trinajstić information content (AvgIpc) is 2.84. The summed E-state index contributed by atoms with van der Waals surface area (Å²) in [6, 6.07) is 0. The lowest BCUT2D eigenvalue weighted by molar-refractivity contribution is -0.0215. The van der Waals surface area contributed by atoms with Crippen LogP contribution >= 0.6 is 11.8 Å². The normalized spacial score (nSPS) is 35.7. The first kappa shape index (κ1) is 14.9. The van der Waals surface area contributed by atoms with Gasteiger partial charge in [-0.05, 0) is 39.4 Å². The van der Waals surface area contributed by atoms with Crippen LogP contribution in [0.4, 0.5) is 4.79 Å². The maximum atomic E-state index is 12.0. The minimum Gasteiger partial charge on any atom is -0.444 e. The Labute approximate surface area is 118 Å². The van der Waals surface area contributed by atoms with Crippen molar-refractivity contribution in [1.82, 2.24) is 4.90 Å². The van der Waals surface area contributed by atoms with Gasteiger partial charge in [0.05, 0.1) is 12.1 Å². The van der Waals surface area contributed by atoms with Crippen molar-refractivity contribution < 1.29 is 14.6 Å². The molecule has 2 fully saturated rings. The SMILES string of the molecule is CC(C)(C)OC(=O)N1CCC(O)(C2(N)CCSC2)C1. The second-order valence-electron chi connectivity index (χ2n) is 6.64. The summed E-state index contributed by atoms with van der Waals surface area (Å²) in [7, 11) is 0. The first-order valence-electron chi connectivity index (χ1n) is 6.72. The van der Waals surface area contributed by atoms with E-state index in [2.05, 4.69) is 0 Å². The summed E-state index contributed by atoms with van der Waals surface area (Å²) in [5.41, 5.74) is 4.27. The number of nitrogens with zero attached hydrogens (tertiary/aromatic N) is 1. The Bertz CT molecular complexity index is 363. The molecule has 0 saturated carbocycles. The van der Waals surface area contributed by atoms with Crippen LogP contribution in [0.1, 0.15) is 33.6 Å². The summed E-state index contributed by atoms with van der Waals surface area (Å²) in [5.74, 6) is 1.73. The fraction of sp³-hybridized carbons (Fsp3) is 0.923. The quantitative estimate of drug-likeness (QED) is 0.758. The zero-order valence-electron chi connectivity index (χ0n) is 11.9. The Kier molecular flexibility index (Phi) is 3.79. The van der Waals surface area contributed by atoms with Crippen LogP contribution in [0.3, 0.4) is 0 Å². The fourth-order valence-corrected chi connectivity index (χ4v) is 4.06. The molecule has 0 aromatic carbocycles. The molecule has 2 saturated heterocycles. The predicted octanol–water partition coefficient (Wildman–Crippen LogP) is 1.19. The number of ether oxygens (including phenoxy) is 1. The van der Waals surface area contributed by atoms with Gasteiger partial charge in [0.2, 0.25) is 0 Å². The number of thioether (sulfide) groups is 1. The highest BCUT2D eigenvalue weighted by molar-refractivity contribution is 7.99. The van der Waals surface area contributed by atoms with Crippen LogP contribution < -0.4 is 5.73 Å². The molecule has 0 bridgehead atoms. The van der Waals surface area contributed by atoms with Gasteiger partial charge in [-0.1, -0.05) is 0 Å². The molecule has 0 aliphatic carbocycles. The van der Waals surface area contributed by atoms with E-state index in [-0.39, 0.29) is 12.6 Å². The molecule has 6 heteroatoms. The average molecular weight is 288 g/mol. The largest absolute Gasteiger partial charge is 0.444 e. The minimum atomic E-state index is -0.979. The van der Waals surface area contributed by atoms with Gasteiger partial charge in [-0.25, -0.2) is 4.79 Å². The Balaban J connectivity index is 2.01. The van der Waals surface area contributed by atoms with Crippen molar-refractivity contribution in [2.45, 2.75) is 50.4 Å². The second kappa shape index (κ2) is 4.82. The topological polar surface area (TPSA) is 75.8 Å². The highest BCUT2D eigenvalue weighted by atomic mass is 32.2. The number of β-amino-alcohol motifs (C(OH)–C–C–N with tert-alkyl or cyclic N) is 1. The zero-order valence-corrected chi connectivity index (χ0v) is 12.8. The number of carbonyl (C=O) groups excluding carboxylic acids is 1. The lowest BCUT2D eigenvalue weighted by Crippen LogP contribution is -2.62. The third-order valence-electron chi connectivity index (χ3n) is 3.88. The lowest BCUT2D eigenvalue weighted by atomic mass is 9.79.